The average molecular weight is 293 g/mol. The summed E-state index contributed by atoms with van der Waals surface area (Å²) >= 11 is 17.9. The molecule has 1 aliphatic rings. The van der Waals surface area contributed by atoms with Gasteiger partial charge in [-0.15, -0.1) is 11.6 Å². The van der Waals surface area contributed by atoms with Crippen LogP contribution in [0.4, 0.5) is 0 Å². The third-order valence-corrected chi connectivity index (χ3v) is 3.72. The summed E-state index contributed by atoms with van der Waals surface area (Å²) in [6.07, 6.45) is 1.89. The lowest BCUT2D eigenvalue weighted by molar-refractivity contribution is 0.0727. The van der Waals surface area contributed by atoms with Crippen molar-refractivity contribution < 1.29 is 4.79 Å². The number of likely N-dealkylation sites (tertiary alicyclic amines) is 1. The highest BCUT2D eigenvalue weighted by Gasteiger charge is 2.24. The number of hydrogen-bond donors (Lipinski definition) is 0. The maximum Gasteiger partial charge on any atom is 0.255 e. The number of piperidine rings is 1. The van der Waals surface area contributed by atoms with Crippen LogP contribution in [-0.2, 0) is 0 Å². The van der Waals surface area contributed by atoms with Gasteiger partial charge in [0.25, 0.3) is 5.91 Å². The summed E-state index contributed by atoms with van der Waals surface area (Å²) in [7, 11) is 0. The summed E-state index contributed by atoms with van der Waals surface area (Å²) in [5.74, 6) is -0.0722. The molecular formula is C12H12Cl3NO. The summed E-state index contributed by atoms with van der Waals surface area (Å²) < 4.78 is 0. The number of nitrogens with zero attached hydrogens (tertiary/aromatic N) is 1. The molecule has 1 unspecified atom stereocenters. The van der Waals surface area contributed by atoms with Crippen LogP contribution in [0.5, 0.6) is 0 Å². The van der Waals surface area contributed by atoms with Crippen LogP contribution >= 0.6 is 34.8 Å². The van der Waals surface area contributed by atoms with E-state index in [2.05, 4.69) is 0 Å². The molecule has 1 amide bonds. The number of alkyl halides is 1. The van der Waals surface area contributed by atoms with E-state index in [4.69, 9.17) is 34.8 Å². The van der Waals surface area contributed by atoms with E-state index in [1.165, 1.54) is 0 Å². The van der Waals surface area contributed by atoms with Crippen LogP contribution in [0.2, 0.25) is 10.0 Å². The molecule has 1 aliphatic heterocycles. The van der Waals surface area contributed by atoms with Crippen molar-refractivity contribution in [1.29, 1.82) is 0 Å². The molecule has 1 atom stereocenters. The van der Waals surface area contributed by atoms with Gasteiger partial charge in [-0.3, -0.25) is 4.79 Å². The molecule has 0 aliphatic carbocycles. The van der Waals surface area contributed by atoms with Crippen molar-refractivity contribution in [2.24, 2.45) is 0 Å². The fourth-order valence-electron chi connectivity index (χ4n) is 1.94. The third-order valence-electron chi connectivity index (χ3n) is 2.81. The summed E-state index contributed by atoms with van der Waals surface area (Å²) in [5, 5.41) is 0.957. The minimum Gasteiger partial charge on any atom is -0.337 e. The monoisotopic (exact) mass is 291 g/mol. The van der Waals surface area contributed by atoms with Gasteiger partial charge in [0.2, 0.25) is 0 Å². The number of carbonyl (C=O) groups is 1. The van der Waals surface area contributed by atoms with Crippen molar-refractivity contribution >= 4 is 40.7 Å². The van der Waals surface area contributed by atoms with Gasteiger partial charge in [0.15, 0.2) is 0 Å². The van der Waals surface area contributed by atoms with E-state index in [1.807, 2.05) is 0 Å². The number of amides is 1. The lowest BCUT2D eigenvalue weighted by atomic mass is 10.1. The molecule has 1 fully saturated rings. The van der Waals surface area contributed by atoms with Gasteiger partial charge in [-0.25, -0.2) is 0 Å². The van der Waals surface area contributed by atoms with Gasteiger partial charge >= 0.3 is 0 Å². The number of halogens is 3. The predicted molar refractivity (Wildman–Crippen MR) is 71.2 cm³/mol. The second-order valence-electron chi connectivity index (χ2n) is 4.11. The van der Waals surface area contributed by atoms with E-state index in [0.29, 0.717) is 22.2 Å². The molecule has 0 aromatic heterocycles. The molecule has 0 spiro atoms. The molecule has 0 N–H and O–H groups in total. The first-order valence-corrected chi connectivity index (χ1v) is 6.65. The predicted octanol–water partition coefficient (Wildman–Crippen LogP) is 3.84. The Morgan fingerprint density at radius 3 is 2.76 bits per heavy atom. The molecule has 5 heteroatoms. The summed E-state index contributed by atoms with van der Waals surface area (Å²) in [5.41, 5.74) is 0.488. The zero-order valence-corrected chi connectivity index (χ0v) is 11.4. The Morgan fingerprint density at radius 2 is 2.12 bits per heavy atom. The van der Waals surface area contributed by atoms with Crippen molar-refractivity contribution in [1.82, 2.24) is 4.90 Å². The highest BCUT2D eigenvalue weighted by molar-refractivity contribution is 6.36. The molecule has 1 saturated heterocycles. The molecule has 0 saturated carbocycles. The Labute approximate surface area is 115 Å². The number of benzene rings is 1. The lowest BCUT2D eigenvalue weighted by Crippen LogP contribution is -2.40. The van der Waals surface area contributed by atoms with Crippen LogP contribution in [-0.4, -0.2) is 29.3 Å². The van der Waals surface area contributed by atoms with E-state index in [9.17, 15) is 4.79 Å². The minimum absolute atomic E-state index is 0.0405. The molecular weight excluding hydrogens is 280 g/mol. The molecule has 0 radical (unpaired) electrons. The molecule has 17 heavy (non-hydrogen) atoms. The van der Waals surface area contributed by atoms with E-state index in [0.717, 1.165) is 19.4 Å². The first kappa shape index (κ1) is 13.0. The maximum atomic E-state index is 12.2. The molecule has 92 valence electrons. The smallest absolute Gasteiger partial charge is 0.255 e. The second kappa shape index (κ2) is 5.47. The van der Waals surface area contributed by atoms with Gasteiger partial charge in [0.1, 0.15) is 0 Å². The van der Waals surface area contributed by atoms with Gasteiger partial charge in [-0.2, -0.15) is 0 Å². The zero-order valence-electron chi connectivity index (χ0n) is 9.13. The van der Waals surface area contributed by atoms with Gasteiger partial charge < -0.3 is 4.90 Å². The van der Waals surface area contributed by atoms with Crippen LogP contribution in [0.1, 0.15) is 23.2 Å². The molecule has 1 heterocycles. The molecule has 0 bridgehead atoms. The first-order chi connectivity index (χ1) is 8.08. The Balaban J connectivity index is 2.18. The van der Waals surface area contributed by atoms with Crippen molar-refractivity contribution in [3.8, 4) is 0 Å². The van der Waals surface area contributed by atoms with Crippen LogP contribution in [0.25, 0.3) is 0 Å². The van der Waals surface area contributed by atoms with Crippen molar-refractivity contribution in [2.75, 3.05) is 13.1 Å². The molecule has 1 aromatic carbocycles. The minimum atomic E-state index is -0.0722. The van der Waals surface area contributed by atoms with Crippen LogP contribution in [0.15, 0.2) is 18.2 Å². The van der Waals surface area contributed by atoms with E-state index >= 15 is 0 Å². The standard InChI is InChI=1S/C12H12Cl3NO/c13-8-3-4-10(11(15)6-8)12(17)16-5-1-2-9(14)7-16/h3-4,6,9H,1-2,5,7H2. The molecule has 1 aromatic rings. The SMILES string of the molecule is O=C(c1ccc(Cl)cc1Cl)N1CCCC(Cl)C1. The first-order valence-electron chi connectivity index (χ1n) is 5.46. The second-order valence-corrected chi connectivity index (χ2v) is 5.58. The fourth-order valence-corrected chi connectivity index (χ4v) is 2.75. The summed E-state index contributed by atoms with van der Waals surface area (Å²) in [4.78, 5) is 14.0. The van der Waals surface area contributed by atoms with Crippen molar-refractivity contribution in [2.45, 2.75) is 18.2 Å². The highest BCUT2D eigenvalue weighted by Crippen LogP contribution is 2.24. The lowest BCUT2D eigenvalue weighted by Gasteiger charge is -2.30. The Morgan fingerprint density at radius 1 is 1.35 bits per heavy atom. The topological polar surface area (TPSA) is 20.3 Å². The third kappa shape index (κ3) is 3.06. The quantitative estimate of drug-likeness (QED) is 0.720. The maximum absolute atomic E-state index is 12.2. The highest BCUT2D eigenvalue weighted by atomic mass is 35.5. The molecule has 2 nitrogen and oxygen atoms in total. The van der Waals surface area contributed by atoms with E-state index < -0.39 is 0 Å². The summed E-state index contributed by atoms with van der Waals surface area (Å²) in [6.45, 7) is 1.32. The van der Waals surface area contributed by atoms with E-state index in [1.54, 1.807) is 23.1 Å². The van der Waals surface area contributed by atoms with Crippen molar-refractivity contribution in [3.63, 3.8) is 0 Å². The largest absolute Gasteiger partial charge is 0.337 e. The van der Waals surface area contributed by atoms with E-state index in [-0.39, 0.29) is 11.3 Å². The number of rotatable bonds is 1. The van der Waals surface area contributed by atoms with Crippen LogP contribution in [0, 0.1) is 0 Å². The van der Waals surface area contributed by atoms with Gasteiger partial charge in [-0.1, -0.05) is 23.2 Å². The molecule has 2 rings (SSSR count). The van der Waals surface area contributed by atoms with Crippen LogP contribution in [0.3, 0.4) is 0 Å². The zero-order chi connectivity index (χ0) is 12.4. The summed E-state index contributed by atoms with van der Waals surface area (Å²) in [6, 6.07) is 4.91. The fraction of sp³-hybridized carbons (Fsp3) is 0.417. The Kier molecular flexibility index (Phi) is 4.18. The van der Waals surface area contributed by atoms with Crippen molar-refractivity contribution in [3.05, 3.63) is 33.8 Å². The average Bonchev–Trinajstić information content (AvgIpc) is 2.28. The Hall–Kier alpha value is -0.440. The van der Waals surface area contributed by atoms with Gasteiger partial charge in [-0.05, 0) is 31.0 Å². The van der Waals surface area contributed by atoms with Crippen LogP contribution < -0.4 is 0 Å². The number of carbonyl (C=O) groups excluding carboxylic acids is 1. The normalized spacial score (nSPS) is 20.4. The Bertz CT molecular complexity index is 436. The van der Waals surface area contributed by atoms with Gasteiger partial charge in [0.05, 0.1) is 16.0 Å². The van der Waals surface area contributed by atoms with Gasteiger partial charge in [0, 0.05) is 18.1 Å². The number of hydrogen-bond acceptors (Lipinski definition) is 1.